The minimum atomic E-state index is -0.575. The number of nitrogens with two attached hydrogens (primary N) is 1. The molecule has 0 spiro atoms. The summed E-state index contributed by atoms with van der Waals surface area (Å²) in [4.78, 5) is 10.9. The van der Waals surface area contributed by atoms with E-state index in [9.17, 15) is 4.79 Å². The summed E-state index contributed by atoms with van der Waals surface area (Å²) in [6.45, 7) is 6.13. The summed E-state index contributed by atoms with van der Waals surface area (Å²) in [5.41, 5.74) is 9.66. The second-order valence-electron chi connectivity index (χ2n) is 4.55. The van der Waals surface area contributed by atoms with Crippen molar-refractivity contribution in [2.24, 2.45) is 5.73 Å². The van der Waals surface area contributed by atoms with Crippen molar-refractivity contribution >= 4 is 0 Å². The van der Waals surface area contributed by atoms with Gasteiger partial charge in [0, 0.05) is 5.92 Å². The molecule has 96 valence electrons. The third kappa shape index (κ3) is 2.22. The van der Waals surface area contributed by atoms with Crippen molar-refractivity contribution in [1.82, 2.24) is 10.2 Å². The van der Waals surface area contributed by atoms with Crippen LogP contribution in [0, 0.1) is 13.8 Å². The Labute approximate surface area is 105 Å². The summed E-state index contributed by atoms with van der Waals surface area (Å²) < 4.78 is 4.91. The summed E-state index contributed by atoms with van der Waals surface area (Å²) in [7, 11) is 0. The number of nitrogens with zero attached hydrogens (tertiary/aromatic N) is 1. The van der Waals surface area contributed by atoms with E-state index in [2.05, 4.69) is 30.1 Å². The predicted octanol–water partition coefficient (Wildman–Crippen LogP) is 1.78. The summed E-state index contributed by atoms with van der Waals surface area (Å²) in [5.74, 6) is -0.307. The minimum Gasteiger partial charge on any atom is -0.391 e. The molecular weight excluding hydrogens is 230 g/mol. The van der Waals surface area contributed by atoms with Gasteiger partial charge in [0.25, 0.3) is 0 Å². The van der Waals surface area contributed by atoms with Gasteiger partial charge >= 0.3 is 5.76 Å². The highest BCUT2D eigenvalue weighted by Crippen LogP contribution is 2.30. The number of hydrogen-bond donors (Lipinski definition) is 2. The molecule has 5 heteroatoms. The van der Waals surface area contributed by atoms with Crippen LogP contribution < -0.4 is 11.5 Å². The Hall–Kier alpha value is -1.88. The van der Waals surface area contributed by atoms with E-state index in [1.165, 1.54) is 11.1 Å². The maximum absolute atomic E-state index is 10.9. The fourth-order valence-electron chi connectivity index (χ4n) is 2.06. The van der Waals surface area contributed by atoms with E-state index in [4.69, 9.17) is 10.2 Å². The second kappa shape index (κ2) is 4.78. The summed E-state index contributed by atoms with van der Waals surface area (Å²) in [6, 6.07) is 5.66. The van der Waals surface area contributed by atoms with Gasteiger partial charge in [-0.15, -0.1) is 5.10 Å². The van der Waals surface area contributed by atoms with Crippen LogP contribution in [0.1, 0.15) is 41.5 Å². The highest BCUT2D eigenvalue weighted by Gasteiger charge is 2.23. The lowest BCUT2D eigenvalue weighted by molar-refractivity contribution is 0.401. The van der Waals surface area contributed by atoms with Crippen molar-refractivity contribution in [3.05, 3.63) is 51.3 Å². The molecule has 0 amide bonds. The van der Waals surface area contributed by atoms with Crippen LogP contribution in [0.5, 0.6) is 0 Å². The lowest BCUT2D eigenvalue weighted by Gasteiger charge is -2.20. The lowest BCUT2D eigenvalue weighted by atomic mass is 9.89. The van der Waals surface area contributed by atoms with Crippen LogP contribution in [0.15, 0.2) is 27.4 Å². The number of nitrogens with one attached hydrogen (secondary N) is 1. The SMILES string of the molecule is Cc1cccc(C(C)C(N)c2n[nH]c(=O)o2)c1C. The van der Waals surface area contributed by atoms with Gasteiger partial charge in [-0.05, 0) is 30.5 Å². The number of H-pyrrole nitrogens is 1. The second-order valence-corrected chi connectivity index (χ2v) is 4.55. The Morgan fingerprint density at radius 3 is 2.72 bits per heavy atom. The lowest BCUT2D eigenvalue weighted by Crippen LogP contribution is -2.19. The van der Waals surface area contributed by atoms with E-state index >= 15 is 0 Å². The average molecular weight is 247 g/mol. The zero-order valence-electron chi connectivity index (χ0n) is 10.7. The molecule has 2 rings (SSSR count). The Kier molecular flexibility index (Phi) is 3.34. The molecule has 1 heterocycles. The monoisotopic (exact) mass is 247 g/mol. The highest BCUT2D eigenvalue weighted by atomic mass is 16.4. The number of rotatable bonds is 3. The smallest absolute Gasteiger partial charge is 0.391 e. The molecule has 0 bridgehead atoms. The summed E-state index contributed by atoms with van der Waals surface area (Å²) in [5, 5.41) is 6.01. The number of aromatic amines is 1. The van der Waals surface area contributed by atoms with E-state index in [0.29, 0.717) is 0 Å². The van der Waals surface area contributed by atoms with Crippen molar-refractivity contribution in [1.29, 1.82) is 0 Å². The van der Waals surface area contributed by atoms with Gasteiger partial charge in [-0.25, -0.2) is 9.89 Å². The molecule has 18 heavy (non-hydrogen) atoms. The first-order valence-electron chi connectivity index (χ1n) is 5.87. The van der Waals surface area contributed by atoms with E-state index < -0.39 is 11.8 Å². The molecule has 2 unspecified atom stereocenters. The standard InChI is InChI=1S/C13H17N3O2/c1-7-5-4-6-10(8(7)2)9(3)11(14)12-15-16-13(17)18-12/h4-6,9,11H,14H2,1-3H3,(H,16,17). The average Bonchev–Trinajstić information content (AvgIpc) is 2.77. The molecule has 3 N–H and O–H groups in total. The zero-order valence-corrected chi connectivity index (χ0v) is 10.7. The number of hydrogen-bond acceptors (Lipinski definition) is 4. The Morgan fingerprint density at radius 2 is 2.11 bits per heavy atom. The molecule has 2 aromatic rings. The maximum atomic E-state index is 10.9. The molecule has 0 aliphatic heterocycles. The largest absolute Gasteiger partial charge is 0.434 e. The van der Waals surface area contributed by atoms with Crippen molar-refractivity contribution in [3.8, 4) is 0 Å². The van der Waals surface area contributed by atoms with E-state index in [1.54, 1.807) is 0 Å². The molecule has 0 saturated carbocycles. The van der Waals surface area contributed by atoms with Crippen molar-refractivity contribution in [2.75, 3.05) is 0 Å². The topological polar surface area (TPSA) is 84.9 Å². The predicted molar refractivity (Wildman–Crippen MR) is 68.4 cm³/mol. The van der Waals surface area contributed by atoms with Crippen LogP contribution in [0.25, 0.3) is 0 Å². The van der Waals surface area contributed by atoms with Gasteiger partial charge in [0.05, 0.1) is 6.04 Å². The third-order valence-corrected chi connectivity index (χ3v) is 3.42. The van der Waals surface area contributed by atoms with Crippen LogP contribution in [0.2, 0.25) is 0 Å². The fourth-order valence-corrected chi connectivity index (χ4v) is 2.06. The summed E-state index contributed by atoms with van der Waals surface area (Å²) >= 11 is 0. The summed E-state index contributed by atoms with van der Waals surface area (Å²) in [6.07, 6.45) is 0. The Bertz CT molecular complexity index is 600. The first-order chi connectivity index (χ1) is 8.50. The van der Waals surface area contributed by atoms with Gasteiger partial charge in [-0.3, -0.25) is 0 Å². The van der Waals surface area contributed by atoms with Crippen LogP contribution in [0.3, 0.4) is 0 Å². The minimum absolute atomic E-state index is 0.0244. The van der Waals surface area contributed by atoms with Crippen LogP contribution in [-0.2, 0) is 0 Å². The molecule has 0 aliphatic carbocycles. The first kappa shape index (κ1) is 12.6. The molecule has 5 nitrogen and oxygen atoms in total. The van der Waals surface area contributed by atoms with Crippen LogP contribution in [0.4, 0.5) is 0 Å². The molecule has 0 fully saturated rings. The Morgan fingerprint density at radius 1 is 1.39 bits per heavy atom. The van der Waals surface area contributed by atoms with Gasteiger partial charge in [0.15, 0.2) is 0 Å². The van der Waals surface area contributed by atoms with Gasteiger partial charge in [-0.1, -0.05) is 25.1 Å². The van der Waals surface area contributed by atoms with Crippen LogP contribution in [-0.4, -0.2) is 10.2 Å². The number of aryl methyl sites for hydroxylation is 1. The van der Waals surface area contributed by atoms with E-state index in [0.717, 1.165) is 5.56 Å². The van der Waals surface area contributed by atoms with Crippen molar-refractivity contribution in [2.45, 2.75) is 32.7 Å². The van der Waals surface area contributed by atoms with Crippen LogP contribution >= 0.6 is 0 Å². The number of benzene rings is 1. The molecule has 0 radical (unpaired) electrons. The van der Waals surface area contributed by atoms with Crippen molar-refractivity contribution < 1.29 is 4.42 Å². The molecule has 0 saturated heterocycles. The molecule has 1 aromatic carbocycles. The van der Waals surface area contributed by atoms with E-state index in [1.807, 2.05) is 19.1 Å². The fraction of sp³-hybridized carbons (Fsp3) is 0.385. The number of aromatic nitrogens is 2. The molecule has 2 atom stereocenters. The molecular formula is C13H17N3O2. The van der Waals surface area contributed by atoms with Gasteiger partial charge < -0.3 is 10.2 Å². The maximum Gasteiger partial charge on any atom is 0.434 e. The van der Waals surface area contributed by atoms with Gasteiger partial charge in [0.1, 0.15) is 0 Å². The third-order valence-electron chi connectivity index (χ3n) is 3.42. The quantitative estimate of drug-likeness (QED) is 0.865. The van der Waals surface area contributed by atoms with Gasteiger partial charge in [-0.2, -0.15) is 0 Å². The zero-order chi connectivity index (χ0) is 13.3. The molecule has 0 aliphatic rings. The van der Waals surface area contributed by atoms with E-state index in [-0.39, 0.29) is 11.8 Å². The van der Waals surface area contributed by atoms with Crippen molar-refractivity contribution in [3.63, 3.8) is 0 Å². The Balaban J connectivity index is 2.33. The highest BCUT2D eigenvalue weighted by molar-refractivity contribution is 5.36. The normalized spacial score (nSPS) is 14.4. The molecule has 1 aromatic heterocycles. The van der Waals surface area contributed by atoms with Gasteiger partial charge in [0.2, 0.25) is 5.89 Å². The first-order valence-corrected chi connectivity index (χ1v) is 5.87.